The Kier molecular flexibility index (Phi) is 3.34. The van der Waals surface area contributed by atoms with E-state index in [2.05, 4.69) is 6.92 Å². The molecular weight excluding hydrogens is 164 g/mol. The van der Waals surface area contributed by atoms with Crippen molar-refractivity contribution < 1.29 is 9.90 Å². The van der Waals surface area contributed by atoms with Crippen LogP contribution in [0.2, 0.25) is 0 Å². The van der Waals surface area contributed by atoms with Crippen LogP contribution in [0.1, 0.15) is 52.4 Å². The summed E-state index contributed by atoms with van der Waals surface area (Å²) in [4.78, 5) is 10.6. The molecule has 0 bridgehead atoms. The summed E-state index contributed by atoms with van der Waals surface area (Å²) in [7, 11) is 0. The van der Waals surface area contributed by atoms with Gasteiger partial charge in [0.05, 0.1) is 5.92 Å². The smallest absolute Gasteiger partial charge is 0.306 e. The van der Waals surface area contributed by atoms with Crippen LogP contribution in [0.15, 0.2) is 0 Å². The molecule has 1 unspecified atom stereocenters. The van der Waals surface area contributed by atoms with Gasteiger partial charge in [-0.15, -0.1) is 0 Å². The van der Waals surface area contributed by atoms with Gasteiger partial charge in [0.1, 0.15) is 0 Å². The molecule has 1 saturated carbocycles. The summed E-state index contributed by atoms with van der Waals surface area (Å²) < 4.78 is 0. The first-order valence-electron chi connectivity index (χ1n) is 5.32. The number of aliphatic carboxylic acids is 1. The van der Waals surface area contributed by atoms with Gasteiger partial charge in [-0.2, -0.15) is 0 Å². The van der Waals surface area contributed by atoms with Crippen molar-refractivity contribution in [2.75, 3.05) is 0 Å². The Bertz CT molecular complexity index is 177. The van der Waals surface area contributed by atoms with Crippen molar-refractivity contribution in [3.63, 3.8) is 0 Å². The molecule has 0 aromatic heterocycles. The van der Waals surface area contributed by atoms with Gasteiger partial charge < -0.3 is 5.11 Å². The van der Waals surface area contributed by atoms with Gasteiger partial charge in [-0.3, -0.25) is 4.79 Å². The van der Waals surface area contributed by atoms with Gasteiger partial charge >= 0.3 is 5.97 Å². The lowest BCUT2D eigenvalue weighted by Gasteiger charge is -2.42. The van der Waals surface area contributed by atoms with Gasteiger partial charge in [0.25, 0.3) is 0 Å². The number of hydrogen-bond donors (Lipinski definition) is 1. The van der Waals surface area contributed by atoms with Crippen LogP contribution in [0, 0.1) is 11.3 Å². The average Bonchev–Trinajstić information content (AvgIpc) is 2.02. The van der Waals surface area contributed by atoms with Gasteiger partial charge in [0.2, 0.25) is 0 Å². The first-order valence-corrected chi connectivity index (χ1v) is 5.32. The third-order valence-electron chi connectivity index (χ3n) is 3.69. The maximum Gasteiger partial charge on any atom is 0.306 e. The topological polar surface area (TPSA) is 37.3 Å². The fourth-order valence-electron chi connectivity index (χ4n) is 2.10. The molecule has 0 radical (unpaired) electrons. The monoisotopic (exact) mass is 184 g/mol. The second-order valence-electron chi connectivity index (χ2n) is 4.49. The van der Waals surface area contributed by atoms with Crippen LogP contribution in [-0.4, -0.2) is 11.1 Å². The van der Waals surface area contributed by atoms with Gasteiger partial charge in [0, 0.05) is 0 Å². The number of rotatable bonds is 5. The van der Waals surface area contributed by atoms with E-state index in [1.54, 1.807) is 0 Å². The quantitative estimate of drug-likeness (QED) is 0.713. The van der Waals surface area contributed by atoms with Crippen LogP contribution in [-0.2, 0) is 4.79 Å². The van der Waals surface area contributed by atoms with E-state index in [0.29, 0.717) is 5.41 Å². The summed E-state index contributed by atoms with van der Waals surface area (Å²) in [5.41, 5.74) is 0.518. The lowest BCUT2D eigenvalue weighted by atomic mass is 9.64. The van der Waals surface area contributed by atoms with Crippen LogP contribution >= 0.6 is 0 Å². The molecule has 1 aliphatic rings. The van der Waals surface area contributed by atoms with E-state index in [1.807, 2.05) is 6.92 Å². The van der Waals surface area contributed by atoms with E-state index in [-0.39, 0.29) is 5.92 Å². The largest absolute Gasteiger partial charge is 0.481 e. The molecule has 13 heavy (non-hydrogen) atoms. The molecule has 0 heterocycles. The summed E-state index contributed by atoms with van der Waals surface area (Å²) >= 11 is 0. The van der Waals surface area contributed by atoms with Crippen molar-refractivity contribution in [3.05, 3.63) is 0 Å². The second kappa shape index (κ2) is 4.12. The Hall–Kier alpha value is -0.530. The molecule has 1 rings (SSSR count). The third-order valence-corrected chi connectivity index (χ3v) is 3.69. The number of carbonyl (C=O) groups is 1. The molecule has 0 aliphatic heterocycles. The van der Waals surface area contributed by atoms with Crippen molar-refractivity contribution >= 4 is 5.97 Å². The molecule has 0 saturated heterocycles. The number of carboxylic acid groups (broad SMARTS) is 1. The molecule has 1 atom stereocenters. The Morgan fingerprint density at radius 3 is 2.46 bits per heavy atom. The first-order chi connectivity index (χ1) is 6.09. The standard InChI is InChI=1S/C11H20O2/c1-3-11(6-4-7-11)8-5-9(2)10(12)13/h9H,3-8H2,1-2H3,(H,12,13). The summed E-state index contributed by atoms with van der Waals surface area (Å²) in [6.45, 7) is 4.04. The normalized spacial score (nSPS) is 22.0. The zero-order valence-electron chi connectivity index (χ0n) is 8.68. The second-order valence-corrected chi connectivity index (χ2v) is 4.49. The van der Waals surface area contributed by atoms with Gasteiger partial charge in [0.15, 0.2) is 0 Å². The fourth-order valence-corrected chi connectivity index (χ4v) is 2.10. The van der Waals surface area contributed by atoms with Crippen LogP contribution in [0.25, 0.3) is 0 Å². The zero-order valence-corrected chi connectivity index (χ0v) is 8.68. The van der Waals surface area contributed by atoms with Crippen LogP contribution in [0.3, 0.4) is 0 Å². The Balaban J connectivity index is 2.28. The SMILES string of the molecule is CCC1(CCC(C)C(=O)O)CCC1. The highest BCUT2D eigenvalue weighted by Crippen LogP contribution is 2.47. The first kappa shape index (κ1) is 10.6. The fraction of sp³-hybridized carbons (Fsp3) is 0.909. The van der Waals surface area contributed by atoms with E-state index in [9.17, 15) is 4.79 Å². The molecule has 1 N–H and O–H groups in total. The van der Waals surface area contributed by atoms with Gasteiger partial charge in [-0.1, -0.05) is 26.7 Å². The number of carboxylic acids is 1. The Morgan fingerprint density at radius 2 is 2.15 bits per heavy atom. The minimum Gasteiger partial charge on any atom is -0.481 e. The summed E-state index contributed by atoms with van der Waals surface area (Å²) in [6, 6.07) is 0. The highest BCUT2D eigenvalue weighted by molar-refractivity contribution is 5.69. The molecule has 1 fully saturated rings. The van der Waals surface area contributed by atoms with Crippen LogP contribution in [0.5, 0.6) is 0 Å². The van der Waals surface area contributed by atoms with Crippen molar-refractivity contribution in [2.24, 2.45) is 11.3 Å². The predicted octanol–water partition coefficient (Wildman–Crippen LogP) is 3.07. The summed E-state index contributed by atoms with van der Waals surface area (Å²) in [5, 5.41) is 8.74. The van der Waals surface area contributed by atoms with E-state index in [4.69, 9.17) is 5.11 Å². The van der Waals surface area contributed by atoms with Crippen molar-refractivity contribution in [1.82, 2.24) is 0 Å². The highest BCUT2D eigenvalue weighted by atomic mass is 16.4. The average molecular weight is 184 g/mol. The third kappa shape index (κ3) is 2.45. The van der Waals surface area contributed by atoms with E-state index in [1.165, 1.54) is 25.7 Å². The molecule has 2 heteroatoms. The number of hydrogen-bond acceptors (Lipinski definition) is 1. The van der Waals surface area contributed by atoms with Gasteiger partial charge in [-0.05, 0) is 31.1 Å². The minimum atomic E-state index is -0.648. The Labute approximate surface area is 80.3 Å². The van der Waals surface area contributed by atoms with E-state index < -0.39 is 5.97 Å². The highest BCUT2D eigenvalue weighted by Gasteiger charge is 2.35. The lowest BCUT2D eigenvalue weighted by Crippen LogP contribution is -2.29. The van der Waals surface area contributed by atoms with Gasteiger partial charge in [-0.25, -0.2) is 0 Å². The molecular formula is C11H20O2. The Morgan fingerprint density at radius 1 is 1.54 bits per heavy atom. The van der Waals surface area contributed by atoms with Crippen LogP contribution in [0.4, 0.5) is 0 Å². The molecule has 0 aromatic carbocycles. The summed E-state index contributed by atoms with van der Waals surface area (Å²) in [5.74, 6) is -0.811. The summed E-state index contributed by atoms with van der Waals surface area (Å²) in [6.07, 6.45) is 7.15. The molecule has 0 spiro atoms. The van der Waals surface area contributed by atoms with Crippen molar-refractivity contribution in [3.8, 4) is 0 Å². The lowest BCUT2D eigenvalue weighted by molar-refractivity contribution is -0.141. The molecule has 0 amide bonds. The molecule has 0 aromatic rings. The molecule has 2 nitrogen and oxygen atoms in total. The van der Waals surface area contributed by atoms with Crippen LogP contribution < -0.4 is 0 Å². The maximum absolute atomic E-state index is 10.6. The minimum absolute atomic E-state index is 0.163. The molecule has 76 valence electrons. The predicted molar refractivity (Wildman–Crippen MR) is 52.6 cm³/mol. The van der Waals surface area contributed by atoms with Crippen molar-refractivity contribution in [2.45, 2.75) is 52.4 Å². The van der Waals surface area contributed by atoms with Crippen molar-refractivity contribution in [1.29, 1.82) is 0 Å². The zero-order chi connectivity index (χ0) is 9.90. The van der Waals surface area contributed by atoms with E-state index in [0.717, 1.165) is 12.8 Å². The molecule has 1 aliphatic carbocycles. The maximum atomic E-state index is 10.6. The van der Waals surface area contributed by atoms with E-state index >= 15 is 0 Å².